The highest BCUT2D eigenvalue weighted by Crippen LogP contribution is 2.37. The maximum absolute atomic E-state index is 5.96. The molecule has 0 heterocycles. The van der Waals surface area contributed by atoms with Gasteiger partial charge in [0, 0.05) is 16.7 Å². The summed E-state index contributed by atoms with van der Waals surface area (Å²) in [7, 11) is 1.69. The summed E-state index contributed by atoms with van der Waals surface area (Å²) in [5, 5.41) is 0.242. The number of thioether (sulfide) groups is 1. The normalized spacial score (nSPS) is 12.2. The van der Waals surface area contributed by atoms with Gasteiger partial charge in [0.05, 0.1) is 7.11 Å². The molecule has 0 saturated carbocycles. The lowest BCUT2D eigenvalue weighted by Crippen LogP contribution is -2.09. The molecule has 2 aromatic rings. The van der Waals surface area contributed by atoms with Crippen molar-refractivity contribution in [2.24, 2.45) is 5.73 Å². The molecule has 3 heteroatoms. The zero-order valence-electron chi connectivity index (χ0n) is 12.2. The third kappa shape index (κ3) is 3.56. The molecular weight excluding hydrogens is 266 g/mol. The van der Waals surface area contributed by atoms with Crippen LogP contribution < -0.4 is 10.5 Å². The fourth-order valence-corrected chi connectivity index (χ4v) is 3.26. The van der Waals surface area contributed by atoms with Crippen molar-refractivity contribution in [1.29, 1.82) is 0 Å². The second kappa shape index (κ2) is 6.82. The van der Waals surface area contributed by atoms with Crippen LogP contribution in [0, 0.1) is 13.8 Å². The summed E-state index contributed by atoms with van der Waals surface area (Å²) in [6, 6.07) is 14.7. The number of hydrogen-bond acceptors (Lipinski definition) is 3. The van der Waals surface area contributed by atoms with E-state index >= 15 is 0 Å². The second-order valence-electron chi connectivity index (χ2n) is 4.89. The summed E-state index contributed by atoms with van der Waals surface area (Å²) in [6.45, 7) is 4.86. The van der Waals surface area contributed by atoms with Gasteiger partial charge in [-0.15, -0.1) is 11.8 Å². The van der Waals surface area contributed by atoms with Gasteiger partial charge in [0.15, 0.2) is 0 Å². The molecule has 2 nitrogen and oxygen atoms in total. The highest BCUT2D eigenvalue weighted by molar-refractivity contribution is 7.99. The van der Waals surface area contributed by atoms with E-state index in [1.54, 1.807) is 7.11 Å². The van der Waals surface area contributed by atoms with Crippen molar-refractivity contribution < 1.29 is 4.74 Å². The molecule has 2 N–H and O–H groups in total. The first-order valence-corrected chi connectivity index (χ1v) is 7.60. The van der Waals surface area contributed by atoms with Gasteiger partial charge in [0.1, 0.15) is 5.75 Å². The van der Waals surface area contributed by atoms with E-state index in [-0.39, 0.29) is 5.25 Å². The molecule has 2 rings (SSSR count). The largest absolute Gasteiger partial charge is 0.497 e. The average Bonchev–Trinajstić information content (AvgIpc) is 2.46. The zero-order chi connectivity index (χ0) is 14.5. The first kappa shape index (κ1) is 14.9. The molecule has 0 aliphatic carbocycles. The predicted octanol–water partition coefficient (Wildman–Crippen LogP) is 4.10. The number of methoxy groups -OCH3 is 1. The molecule has 0 amide bonds. The van der Waals surface area contributed by atoms with E-state index in [1.807, 2.05) is 23.9 Å². The molecule has 106 valence electrons. The van der Waals surface area contributed by atoms with Crippen LogP contribution in [-0.4, -0.2) is 13.7 Å². The van der Waals surface area contributed by atoms with Gasteiger partial charge in [0.2, 0.25) is 0 Å². The number of hydrogen-bond donors (Lipinski definition) is 1. The molecule has 0 spiro atoms. The minimum Gasteiger partial charge on any atom is -0.497 e. The molecule has 20 heavy (non-hydrogen) atoms. The molecule has 0 aliphatic heterocycles. The molecule has 1 atom stereocenters. The Labute approximate surface area is 125 Å². The van der Waals surface area contributed by atoms with E-state index in [4.69, 9.17) is 10.5 Å². The van der Waals surface area contributed by atoms with Crippen LogP contribution in [0.15, 0.2) is 47.4 Å². The van der Waals surface area contributed by atoms with Crippen molar-refractivity contribution in [2.45, 2.75) is 24.0 Å². The molecule has 0 saturated heterocycles. The van der Waals surface area contributed by atoms with Gasteiger partial charge in [-0.05, 0) is 43.2 Å². The SMILES string of the molecule is COc1cccc(C(CN)Sc2ccc(C)cc2C)c1. The predicted molar refractivity (Wildman–Crippen MR) is 86.6 cm³/mol. The first-order chi connectivity index (χ1) is 9.63. The smallest absolute Gasteiger partial charge is 0.119 e. The quantitative estimate of drug-likeness (QED) is 0.841. The number of benzene rings is 2. The highest BCUT2D eigenvalue weighted by Gasteiger charge is 2.13. The molecule has 0 aliphatic rings. The molecule has 0 radical (unpaired) electrons. The Balaban J connectivity index is 2.23. The van der Waals surface area contributed by atoms with Gasteiger partial charge in [-0.2, -0.15) is 0 Å². The molecule has 0 aromatic heterocycles. The molecule has 0 bridgehead atoms. The molecule has 1 unspecified atom stereocenters. The van der Waals surface area contributed by atoms with Crippen LogP contribution in [0.1, 0.15) is 21.9 Å². The lowest BCUT2D eigenvalue weighted by Gasteiger charge is -2.17. The summed E-state index contributed by atoms with van der Waals surface area (Å²) in [4.78, 5) is 1.29. The Hall–Kier alpha value is -1.45. The number of aryl methyl sites for hydroxylation is 2. The first-order valence-electron chi connectivity index (χ1n) is 6.72. The Kier molecular flexibility index (Phi) is 5.10. The van der Waals surface area contributed by atoms with Crippen molar-refractivity contribution in [3.8, 4) is 5.75 Å². The maximum atomic E-state index is 5.96. The third-order valence-electron chi connectivity index (χ3n) is 3.28. The lowest BCUT2D eigenvalue weighted by molar-refractivity contribution is 0.414. The van der Waals surface area contributed by atoms with Crippen molar-refractivity contribution >= 4 is 11.8 Å². The third-order valence-corrected chi connectivity index (χ3v) is 4.74. The van der Waals surface area contributed by atoms with Crippen molar-refractivity contribution in [3.05, 3.63) is 59.2 Å². The van der Waals surface area contributed by atoms with E-state index in [9.17, 15) is 0 Å². The van der Waals surface area contributed by atoms with Gasteiger partial charge in [-0.3, -0.25) is 0 Å². The van der Waals surface area contributed by atoms with Crippen LogP contribution in [0.3, 0.4) is 0 Å². The summed E-state index contributed by atoms with van der Waals surface area (Å²) in [5.41, 5.74) is 9.76. The van der Waals surface area contributed by atoms with Crippen LogP contribution in [-0.2, 0) is 0 Å². The average molecular weight is 287 g/mol. The monoisotopic (exact) mass is 287 g/mol. The van der Waals surface area contributed by atoms with E-state index in [0.717, 1.165) is 5.75 Å². The number of ether oxygens (including phenoxy) is 1. The Morgan fingerprint density at radius 2 is 1.95 bits per heavy atom. The minimum absolute atomic E-state index is 0.242. The highest BCUT2D eigenvalue weighted by atomic mass is 32.2. The molecule has 2 aromatic carbocycles. The number of nitrogens with two attached hydrogens (primary N) is 1. The van der Waals surface area contributed by atoms with Crippen LogP contribution in [0.4, 0.5) is 0 Å². The van der Waals surface area contributed by atoms with Crippen LogP contribution in [0.25, 0.3) is 0 Å². The van der Waals surface area contributed by atoms with Crippen LogP contribution >= 0.6 is 11.8 Å². The minimum atomic E-state index is 0.242. The second-order valence-corrected chi connectivity index (χ2v) is 6.13. The van der Waals surface area contributed by atoms with E-state index in [1.165, 1.54) is 21.6 Å². The van der Waals surface area contributed by atoms with E-state index in [2.05, 4.69) is 44.2 Å². The van der Waals surface area contributed by atoms with Gasteiger partial charge < -0.3 is 10.5 Å². The van der Waals surface area contributed by atoms with E-state index < -0.39 is 0 Å². The van der Waals surface area contributed by atoms with Gasteiger partial charge >= 0.3 is 0 Å². The summed E-state index contributed by atoms with van der Waals surface area (Å²) >= 11 is 1.82. The van der Waals surface area contributed by atoms with Crippen molar-refractivity contribution in [2.75, 3.05) is 13.7 Å². The molecule has 0 fully saturated rings. The lowest BCUT2D eigenvalue weighted by atomic mass is 10.1. The standard InChI is InChI=1S/C17H21NOS/c1-12-7-8-16(13(2)9-12)20-17(11-18)14-5-4-6-15(10-14)19-3/h4-10,17H,11,18H2,1-3H3. The van der Waals surface area contributed by atoms with Crippen LogP contribution in [0.2, 0.25) is 0 Å². The summed E-state index contributed by atoms with van der Waals surface area (Å²) in [6.07, 6.45) is 0. The topological polar surface area (TPSA) is 35.2 Å². The van der Waals surface area contributed by atoms with Gasteiger partial charge in [0.25, 0.3) is 0 Å². The Morgan fingerprint density at radius 3 is 2.60 bits per heavy atom. The maximum Gasteiger partial charge on any atom is 0.119 e. The number of rotatable bonds is 5. The Bertz CT molecular complexity index is 583. The fraction of sp³-hybridized carbons (Fsp3) is 0.294. The summed E-state index contributed by atoms with van der Waals surface area (Å²) < 4.78 is 5.29. The summed E-state index contributed by atoms with van der Waals surface area (Å²) in [5.74, 6) is 0.877. The van der Waals surface area contributed by atoms with Crippen molar-refractivity contribution in [3.63, 3.8) is 0 Å². The van der Waals surface area contributed by atoms with Crippen LogP contribution in [0.5, 0.6) is 5.75 Å². The van der Waals surface area contributed by atoms with Crippen molar-refractivity contribution in [1.82, 2.24) is 0 Å². The molecular formula is C17H21NOS. The zero-order valence-corrected chi connectivity index (χ0v) is 13.0. The Morgan fingerprint density at radius 1 is 1.15 bits per heavy atom. The van der Waals surface area contributed by atoms with E-state index in [0.29, 0.717) is 6.54 Å². The fourth-order valence-electron chi connectivity index (χ4n) is 2.18. The van der Waals surface area contributed by atoms with Gasteiger partial charge in [-0.1, -0.05) is 29.8 Å². The van der Waals surface area contributed by atoms with Gasteiger partial charge in [-0.25, -0.2) is 0 Å².